The maximum atomic E-state index is 13.0. The lowest BCUT2D eigenvalue weighted by molar-refractivity contribution is -0.137. The standard InChI is InChI=1S/C20H15F3N4O2/c21-20(22,23)14-5-3-4-13(12-14)15-7-8-16-18(25-15)27(10-11-29-16)19(28)26-17-6-1-2-9-24-17/h1-9,12H,10-11H2,(H,24,26,28). The van der Waals surface area contributed by atoms with Crippen LogP contribution in [0.2, 0.25) is 0 Å². The van der Waals surface area contributed by atoms with Crippen molar-refractivity contribution in [3.05, 3.63) is 66.4 Å². The van der Waals surface area contributed by atoms with Gasteiger partial charge in [0, 0.05) is 11.8 Å². The second-order valence-electron chi connectivity index (χ2n) is 6.24. The van der Waals surface area contributed by atoms with Crippen LogP contribution in [0.25, 0.3) is 11.3 Å². The van der Waals surface area contributed by atoms with Crippen LogP contribution in [-0.2, 0) is 6.18 Å². The van der Waals surface area contributed by atoms with Crippen molar-refractivity contribution in [2.75, 3.05) is 23.4 Å². The number of urea groups is 1. The predicted molar refractivity (Wildman–Crippen MR) is 101 cm³/mol. The van der Waals surface area contributed by atoms with Crippen molar-refractivity contribution in [3.8, 4) is 17.0 Å². The number of alkyl halides is 3. The third-order valence-electron chi connectivity index (χ3n) is 4.30. The van der Waals surface area contributed by atoms with E-state index in [1.54, 1.807) is 36.5 Å². The third kappa shape index (κ3) is 3.98. The van der Waals surface area contributed by atoms with Crippen LogP contribution in [-0.4, -0.2) is 29.2 Å². The molecule has 3 heterocycles. The summed E-state index contributed by atoms with van der Waals surface area (Å²) in [5.74, 6) is 0.988. The Hall–Kier alpha value is -3.62. The molecule has 0 unspecified atom stereocenters. The molecule has 1 aliphatic rings. The van der Waals surface area contributed by atoms with E-state index < -0.39 is 17.8 Å². The molecular weight excluding hydrogens is 385 g/mol. The number of hydrogen-bond acceptors (Lipinski definition) is 4. The molecule has 0 spiro atoms. The maximum absolute atomic E-state index is 13.0. The van der Waals surface area contributed by atoms with E-state index in [-0.39, 0.29) is 19.0 Å². The minimum absolute atomic E-state index is 0.236. The molecule has 3 aromatic rings. The highest BCUT2D eigenvalue weighted by molar-refractivity contribution is 6.01. The first kappa shape index (κ1) is 18.7. The van der Waals surface area contributed by atoms with Gasteiger partial charge in [-0.15, -0.1) is 0 Å². The minimum atomic E-state index is -4.46. The van der Waals surface area contributed by atoms with Crippen molar-refractivity contribution in [2.24, 2.45) is 0 Å². The number of carbonyl (C=O) groups is 1. The minimum Gasteiger partial charge on any atom is -0.488 e. The molecule has 0 bridgehead atoms. The molecule has 2 aromatic heterocycles. The van der Waals surface area contributed by atoms with Gasteiger partial charge in [0.15, 0.2) is 11.6 Å². The first-order valence-corrected chi connectivity index (χ1v) is 8.73. The summed E-state index contributed by atoms with van der Waals surface area (Å²) in [6, 6.07) is 12.7. The highest BCUT2D eigenvalue weighted by atomic mass is 19.4. The van der Waals surface area contributed by atoms with Gasteiger partial charge in [0.05, 0.1) is 17.8 Å². The molecular formula is C20H15F3N4O2. The lowest BCUT2D eigenvalue weighted by atomic mass is 10.1. The first-order valence-electron chi connectivity index (χ1n) is 8.73. The second kappa shape index (κ2) is 7.42. The summed E-state index contributed by atoms with van der Waals surface area (Å²) in [6.45, 7) is 0.512. The average molecular weight is 400 g/mol. The molecule has 1 aliphatic heterocycles. The predicted octanol–water partition coefficient (Wildman–Crippen LogP) is 4.59. The van der Waals surface area contributed by atoms with Gasteiger partial charge in [-0.1, -0.05) is 18.2 Å². The number of benzene rings is 1. The number of anilines is 2. The molecule has 0 atom stereocenters. The fourth-order valence-corrected chi connectivity index (χ4v) is 2.92. The summed E-state index contributed by atoms with van der Waals surface area (Å²) in [5, 5.41) is 2.67. The number of amides is 2. The summed E-state index contributed by atoms with van der Waals surface area (Å²) >= 11 is 0. The molecule has 4 rings (SSSR count). The van der Waals surface area contributed by atoms with E-state index in [2.05, 4.69) is 15.3 Å². The molecule has 148 valence electrons. The van der Waals surface area contributed by atoms with Crippen molar-refractivity contribution in [2.45, 2.75) is 6.18 Å². The largest absolute Gasteiger partial charge is 0.488 e. The van der Waals surface area contributed by atoms with Gasteiger partial charge in [0.2, 0.25) is 0 Å². The van der Waals surface area contributed by atoms with Crippen molar-refractivity contribution in [3.63, 3.8) is 0 Å². The summed E-state index contributed by atoms with van der Waals surface area (Å²) in [4.78, 5) is 22.5. The number of nitrogens with zero attached hydrogens (tertiary/aromatic N) is 3. The van der Waals surface area contributed by atoms with E-state index in [4.69, 9.17) is 4.74 Å². The van der Waals surface area contributed by atoms with E-state index >= 15 is 0 Å². The molecule has 0 fully saturated rings. The Morgan fingerprint density at radius 1 is 1.10 bits per heavy atom. The zero-order valence-corrected chi connectivity index (χ0v) is 15.0. The summed E-state index contributed by atoms with van der Waals surface area (Å²) < 4.78 is 44.6. The SMILES string of the molecule is O=C(Nc1ccccn1)N1CCOc2ccc(-c3cccc(C(F)(F)F)c3)nc21. The van der Waals surface area contributed by atoms with Crippen LogP contribution in [0.1, 0.15) is 5.56 Å². The van der Waals surface area contributed by atoms with E-state index in [0.717, 1.165) is 12.1 Å². The number of halogens is 3. The van der Waals surface area contributed by atoms with Gasteiger partial charge >= 0.3 is 12.2 Å². The highest BCUT2D eigenvalue weighted by Gasteiger charge is 2.31. The Bertz CT molecular complexity index is 1040. The van der Waals surface area contributed by atoms with E-state index in [1.165, 1.54) is 17.0 Å². The second-order valence-corrected chi connectivity index (χ2v) is 6.24. The third-order valence-corrected chi connectivity index (χ3v) is 4.30. The fraction of sp³-hybridized carbons (Fsp3) is 0.150. The van der Waals surface area contributed by atoms with Crippen molar-refractivity contribution < 1.29 is 22.7 Å². The van der Waals surface area contributed by atoms with Crippen LogP contribution in [0.4, 0.5) is 29.6 Å². The lowest BCUT2D eigenvalue weighted by Gasteiger charge is -2.28. The monoisotopic (exact) mass is 400 g/mol. The number of nitrogens with one attached hydrogen (secondary N) is 1. The van der Waals surface area contributed by atoms with Crippen LogP contribution in [0.5, 0.6) is 5.75 Å². The fourth-order valence-electron chi connectivity index (χ4n) is 2.92. The number of aromatic nitrogens is 2. The van der Waals surface area contributed by atoms with Gasteiger partial charge in [-0.25, -0.2) is 14.8 Å². The van der Waals surface area contributed by atoms with Crippen LogP contribution in [0.3, 0.4) is 0 Å². The van der Waals surface area contributed by atoms with E-state index in [1.807, 2.05) is 0 Å². The van der Waals surface area contributed by atoms with Crippen molar-refractivity contribution in [1.82, 2.24) is 9.97 Å². The van der Waals surface area contributed by atoms with Crippen LogP contribution >= 0.6 is 0 Å². The Balaban J connectivity index is 1.66. The van der Waals surface area contributed by atoms with Gasteiger partial charge in [-0.05, 0) is 36.4 Å². The van der Waals surface area contributed by atoms with Gasteiger partial charge in [0.25, 0.3) is 0 Å². The Labute approximate surface area is 164 Å². The molecule has 9 heteroatoms. The number of ether oxygens (including phenoxy) is 1. The van der Waals surface area contributed by atoms with Gasteiger partial charge in [-0.2, -0.15) is 13.2 Å². The lowest BCUT2D eigenvalue weighted by Crippen LogP contribution is -2.41. The normalized spacial score (nSPS) is 13.4. The number of rotatable bonds is 2. The number of fused-ring (bicyclic) bond motifs is 1. The zero-order chi connectivity index (χ0) is 20.4. The zero-order valence-electron chi connectivity index (χ0n) is 15.0. The highest BCUT2D eigenvalue weighted by Crippen LogP contribution is 2.35. The summed E-state index contributed by atoms with van der Waals surface area (Å²) in [5.41, 5.74) is -0.176. The van der Waals surface area contributed by atoms with Gasteiger partial charge in [0.1, 0.15) is 12.4 Å². The van der Waals surface area contributed by atoms with E-state index in [9.17, 15) is 18.0 Å². The topological polar surface area (TPSA) is 67.4 Å². The molecule has 0 radical (unpaired) electrons. The molecule has 0 saturated heterocycles. The average Bonchev–Trinajstić information content (AvgIpc) is 2.73. The summed E-state index contributed by atoms with van der Waals surface area (Å²) in [7, 11) is 0. The Morgan fingerprint density at radius 2 is 1.97 bits per heavy atom. The Morgan fingerprint density at radius 3 is 2.72 bits per heavy atom. The number of pyridine rings is 2. The molecule has 0 saturated carbocycles. The number of hydrogen-bond donors (Lipinski definition) is 1. The Kier molecular flexibility index (Phi) is 4.79. The van der Waals surface area contributed by atoms with Crippen molar-refractivity contribution in [1.29, 1.82) is 0 Å². The van der Waals surface area contributed by atoms with Crippen LogP contribution in [0.15, 0.2) is 60.8 Å². The molecule has 1 N–H and O–H groups in total. The molecule has 2 amide bonds. The number of carbonyl (C=O) groups excluding carboxylic acids is 1. The van der Waals surface area contributed by atoms with Crippen molar-refractivity contribution >= 4 is 17.7 Å². The molecule has 1 aromatic carbocycles. The van der Waals surface area contributed by atoms with Crippen LogP contribution in [0, 0.1) is 0 Å². The van der Waals surface area contributed by atoms with Gasteiger partial charge < -0.3 is 4.74 Å². The maximum Gasteiger partial charge on any atom is 0.416 e. The first-order chi connectivity index (χ1) is 13.9. The molecule has 29 heavy (non-hydrogen) atoms. The molecule has 6 nitrogen and oxygen atoms in total. The smallest absolute Gasteiger partial charge is 0.416 e. The molecule has 0 aliphatic carbocycles. The van der Waals surface area contributed by atoms with Crippen LogP contribution < -0.4 is 15.0 Å². The quantitative estimate of drug-likeness (QED) is 0.683. The van der Waals surface area contributed by atoms with E-state index in [0.29, 0.717) is 22.8 Å². The summed E-state index contributed by atoms with van der Waals surface area (Å²) in [6.07, 6.45) is -2.91. The van der Waals surface area contributed by atoms with Gasteiger partial charge in [-0.3, -0.25) is 10.2 Å².